The zero-order valence-electron chi connectivity index (χ0n) is 8.91. The van der Waals surface area contributed by atoms with Crippen molar-refractivity contribution in [2.45, 2.75) is 50.4 Å². The first-order valence-electron chi connectivity index (χ1n) is 5.88. The van der Waals surface area contributed by atoms with Crippen molar-refractivity contribution in [2.75, 3.05) is 5.73 Å². The molecule has 0 aromatic carbocycles. The molecule has 4 nitrogen and oxygen atoms in total. The molecule has 0 radical (unpaired) electrons. The number of nitrogens with zero attached hydrogens (tertiary/aromatic N) is 2. The molecule has 2 bridgehead atoms. The van der Waals surface area contributed by atoms with Gasteiger partial charge >= 0.3 is 0 Å². The van der Waals surface area contributed by atoms with E-state index in [1.165, 1.54) is 44.9 Å². The summed E-state index contributed by atoms with van der Waals surface area (Å²) in [7, 11) is 0. The van der Waals surface area contributed by atoms with E-state index in [-0.39, 0.29) is 11.4 Å². The summed E-state index contributed by atoms with van der Waals surface area (Å²) in [6, 6.07) is 0. The molecular formula is C11H17N3O. The third-order valence-corrected chi connectivity index (χ3v) is 4.12. The Labute approximate surface area is 89.2 Å². The Balaban J connectivity index is 1.94. The van der Waals surface area contributed by atoms with Crippen LogP contribution in [0.15, 0.2) is 4.52 Å². The van der Waals surface area contributed by atoms with E-state index < -0.39 is 0 Å². The topological polar surface area (TPSA) is 64.9 Å². The molecule has 3 rings (SSSR count). The van der Waals surface area contributed by atoms with Crippen LogP contribution in [0.25, 0.3) is 0 Å². The van der Waals surface area contributed by atoms with Gasteiger partial charge in [0.2, 0.25) is 5.89 Å². The maximum Gasteiger partial charge on any atom is 0.260 e. The first-order valence-corrected chi connectivity index (χ1v) is 5.88. The van der Waals surface area contributed by atoms with Crippen molar-refractivity contribution in [1.82, 2.24) is 10.1 Å². The van der Waals surface area contributed by atoms with Crippen LogP contribution in [0.5, 0.6) is 0 Å². The highest BCUT2D eigenvalue weighted by atomic mass is 16.5. The van der Waals surface area contributed by atoms with Crippen molar-refractivity contribution in [1.29, 1.82) is 0 Å². The molecule has 1 aromatic rings. The van der Waals surface area contributed by atoms with E-state index in [2.05, 4.69) is 10.1 Å². The molecule has 4 heteroatoms. The summed E-state index contributed by atoms with van der Waals surface area (Å²) < 4.78 is 5.29. The molecule has 2 aliphatic carbocycles. The minimum Gasteiger partial charge on any atom is -0.365 e. The molecular weight excluding hydrogens is 190 g/mol. The standard InChI is InChI=1S/C11H17N3O/c12-10-13-9(15-14-10)11-5-2-1-3-8(7-11)4-6-11/h8H,1-7H2,(H2,12,14)/t8-,11-/m1/s1. The average Bonchev–Trinajstić information content (AvgIpc) is 2.72. The quantitative estimate of drug-likeness (QED) is 0.767. The lowest BCUT2D eigenvalue weighted by Crippen LogP contribution is -2.22. The van der Waals surface area contributed by atoms with E-state index in [0.29, 0.717) is 0 Å². The van der Waals surface area contributed by atoms with Gasteiger partial charge in [-0.3, -0.25) is 0 Å². The molecule has 2 fully saturated rings. The fourth-order valence-corrected chi connectivity index (χ4v) is 3.36. The number of nitrogens with two attached hydrogens (primary N) is 1. The Hall–Kier alpha value is -1.06. The number of rotatable bonds is 1. The highest BCUT2D eigenvalue weighted by Gasteiger charge is 2.45. The maximum absolute atomic E-state index is 5.54. The molecule has 1 heterocycles. The Morgan fingerprint density at radius 3 is 3.00 bits per heavy atom. The number of anilines is 1. The Morgan fingerprint density at radius 1 is 1.27 bits per heavy atom. The molecule has 0 amide bonds. The minimum absolute atomic E-state index is 0.172. The summed E-state index contributed by atoms with van der Waals surface area (Å²) in [5, 5.41) is 3.73. The van der Waals surface area contributed by atoms with Gasteiger partial charge in [0.25, 0.3) is 5.95 Å². The molecule has 1 aromatic heterocycles. The monoisotopic (exact) mass is 207 g/mol. The summed E-state index contributed by atoms with van der Waals surface area (Å²) in [5.74, 6) is 1.96. The summed E-state index contributed by atoms with van der Waals surface area (Å²) >= 11 is 0. The zero-order chi connectivity index (χ0) is 10.3. The van der Waals surface area contributed by atoms with Crippen molar-refractivity contribution in [3.63, 3.8) is 0 Å². The van der Waals surface area contributed by atoms with Gasteiger partial charge in [-0.1, -0.05) is 19.3 Å². The zero-order valence-corrected chi connectivity index (χ0v) is 8.91. The molecule has 0 spiro atoms. The van der Waals surface area contributed by atoms with E-state index in [9.17, 15) is 0 Å². The van der Waals surface area contributed by atoms with Crippen LogP contribution in [0, 0.1) is 5.92 Å². The van der Waals surface area contributed by atoms with Crippen molar-refractivity contribution < 1.29 is 4.52 Å². The molecule has 0 saturated heterocycles. The van der Waals surface area contributed by atoms with Crippen molar-refractivity contribution in [2.24, 2.45) is 5.92 Å². The number of nitrogen functional groups attached to an aromatic ring is 1. The Bertz CT molecular complexity index is 362. The van der Waals surface area contributed by atoms with Crippen LogP contribution < -0.4 is 5.73 Å². The van der Waals surface area contributed by atoms with E-state index in [1.807, 2.05) is 0 Å². The van der Waals surface area contributed by atoms with Gasteiger partial charge in [-0.05, 0) is 36.8 Å². The van der Waals surface area contributed by atoms with Gasteiger partial charge in [0, 0.05) is 0 Å². The van der Waals surface area contributed by atoms with E-state index in [0.717, 1.165) is 11.8 Å². The van der Waals surface area contributed by atoms with Crippen LogP contribution in [-0.4, -0.2) is 10.1 Å². The van der Waals surface area contributed by atoms with Crippen molar-refractivity contribution in [3.05, 3.63) is 5.89 Å². The van der Waals surface area contributed by atoms with Gasteiger partial charge in [-0.15, -0.1) is 0 Å². The smallest absolute Gasteiger partial charge is 0.260 e. The van der Waals surface area contributed by atoms with Crippen LogP contribution in [0.3, 0.4) is 0 Å². The predicted octanol–water partition coefficient (Wildman–Crippen LogP) is 2.26. The van der Waals surface area contributed by atoms with E-state index >= 15 is 0 Å². The summed E-state index contributed by atoms with van der Waals surface area (Å²) in [5.41, 5.74) is 5.71. The van der Waals surface area contributed by atoms with Crippen LogP contribution in [0.1, 0.15) is 50.8 Å². The van der Waals surface area contributed by atoms with Gasteiger partial charge in [-0.2, -0.15) is 4.98 Å². The second-order valence-corrected chi connectivity index (χ2v) is 5.09. The van der Waals surface area contributed by atoms with Gasteiger partial charge in [0.15, 0.2) is 0 Å². The SMILES string of the molecule is Nc1noc([C@]23CCCC[C@H](CC2)C3)n1. The van der Waals surface area contributed by atoms with Gasteiger partial charge in [0.05, 0.1) is 5.41 Å². The van der Waals surface area contributed by atoms with Gasteiger partial charge in [-0.25, -0.2) is 0 Å². The summed E-state index contributed by atoms with van der Waals surface area (Å²) in [6.07, 6.45) is 8.99. The molecule has 2 saturated carbocycles. The first-order chi connectivity index (χ1) is 7.28. The van der Waals surface area contributed by atoms with Crippen molar-refractivity contribution in [3.8, 4) is 0 Å². The molecule has 0 aliphatic heterocycles. The molecule has 15 heavy (non-hydrogen) atoms. The normalized spacial score (nSPS) is 35.3. The highest BCUT2D eigenvalue weighted by molar-refractivity contribution is 5.17. The van der Waals surface area contributed by atoms with Crippen molar-refractivity contribution >= 4 is 5.95 Å². The number of fused-ring (bicyclic) bond motifs is 2. The predicted molar refractivity (Wildman–Crippen MR) is 56.2 cm³/mol. The number of hydrogen-bond donors (Lipinski definition) is 1. The van der Waals surface area contributed by atoms with Crippen LogP contribution in [0.4, 0.5) is 5.95 Å². The molecule has 2 N–H and O–H groups in total. The molecule has 2 aliphatic rings. The maximum atomic E-state index is 5.54. The molecule has 0 unspecified atom stereocenters. The Kier molecular flexibility index (Phi) is 1.97. The summed E-state index contributed by atoms with van der Waals surface area (Å²) in [6.45, 7) is 0. The van der Waals surface area contributed by atoms with Gasteiger partial charge in [0.1, 0.15) is 0 Å². The third kappa shape index (κ3) is 1.43. The number of hydrogen-bond acceptors (Lipinski definition) is 4. The largest absolute Gasteiger partial charge is 0.365 e. The van der Waals surface area contributed by atoms with Crippen LogP contribution >= 0.6 is 0 Å². The van der Waals surface area contributed by atoms with E-state index in [1.54, 1.807) is 0 Å². The lowest BCUT2D eigenvalue weighted by atomic mass is 9.81. The third-order valence-electron chi connectivity index (χ3n) is 4.12. The number of aromatic nitrogens is 2. The summed E-state index contributed by atoms with van der Waals surface area (Å²) in [4.78, 5) is 4.25. The fourth-order valence-electron chi connectivity index (χ4n) is 3.36. The second kappa shape index (κ2) is 3.22. The highest BCUT2D eigenvalue weighted by Crippen LogP contribution is 2.50. The van der Waals surface area contributed by atoms with E-state index in [4.69, 9.17) is 10.3 Å². The first kappa shape index (κ1) is 9.19. The van der Waals surface area contributed by atoms with Gasteiger partial charge < -0.3 is 10.3 Å². The Morgan fingerprint density at radius 2 is 2.20 bits per heavy atom. The lowest BCUT2D eigenvalue weighted by molar-refractivity contribution is 0.264. The van der Waals surface area contributed by atoms with Crippen LogP contribution in [-0.2, 0) is 5.41 Å². The van der Waals surface area contributed by atoms with Crippen LogP contribution in [0.2, 0.25) is 0 Å². The molecule has 82 valence electrons. The fraction of sp³-hybridized carbons (Fsp3) is 0.818. The average molecular weight is 207 g/mol. The second-order valence-electron chi connectivity index (χ2n) is 5.09. The molecule has 2 atom stereocenters. The minimum atomic E-state index is 0.172. The lowest BCUT2D eigenvalue weighted by Gasteiger charge is -2.23.